The van der Waals surface area contributed by atoms with Gasteiger partial charge in [0.2, 0.25) is 18.0 Å². The van der Waals surface area contributed by atoms with Crippen molar-refractivity contribution in [3.05, 3.63) is 47.4 Å². The smallest absolute Gasteiger partial charge is 0.277 e. The Labute approximate surface area is 170 Å². The van der Waals surface area contributed by atoms with Crippen LogP contribution in [0.1, 0.15) is 35.7 Å². The van der Waals surface area contributed by atoms with E-state index in [9.17, 15) is 9.18 Å². The number of halogens is 1. The maximum atomic E-state index is 13.1. The number of benzene rings is 1. The molecule has 0 spiro atoms. The van der Waals surface area contributed by atoms with Crippen LogP contribution < -0.4 is 5.73 Å². The predicted octanol–water partition coefficient (Wildman–Crippen LogP) is 0.543. The molecule has 2 N–H and O–H groups in total. The fraction of sp³-hybridized carbons (Fsp3) is 0.389. The summed E-state index contributed by atoms with van der Waals surface area (Å²) in [7, 11) is 1.73. The molecule has 1 fully saturated rings. The third-order valence-corrected chi connectivity index (χ3v) is 5.31. The summed E-state index contributed by atoms with van der Waals surface area (Å²) >= 11 is 0. The lowest BCUT2D eigenvalue weighted by molar-refractivity contribution is -0.139. The molecule has 5 rings (SSSR count). The molecule has 0 bridgehead atoms. The number of rotatable bonds is 4. The Hall–Kier alpha value is -3.54. The quantitative estimate of drug-likeness (QED) is 0.769. The van der Waals surface area contributed by atoms with Crippen molar-refractivity contribution < 1.29 is 18.4 Å². The second-order valence-corrected chi connectivity index (χ2v) is 7.33. The number of carbonyl (C=O) groups excluding carboxylic acids is 1. The summed E-state index contributed by atoms with van der Waals surface area (Å²) in [5.74, 6) is 0.108. The van der Waals surface area contributed by atoms with Crippen molar-refractivity contribution in [2.24, 2.45) is 15.9 Å². The van der Waals surface area contributed by atoms with Gasteiger partial charge in [-0.15, -0.1) is 15.3 Å². The van der Waals surface area contributed by atoms with E-state index in [1.807, 2.05) is 0 Å². The van der Waals surface area contributed by atoms with Crippen LogP contribution in [-0.4, -0.2) is 63.1 Å². The van der Waals surface area contributed by atoms with Crippen molar-refractivity contribution in [1.29, 1.82) is 0 Å². The maximum absolute atomic E-state index is 13.1. The molecular formula is C18H19FN8O3. The number of nitrogens with two attached hydrogens (primary N) is 1. The van der Waals surface area contributed by atoms with Gasteiger partial charge in [-0.2, -0.15) is 4.98 Å². The lowest BCUT2D eigenvalue weighted by Gasteiger charge is -2.33. The number of likely N-dealkylation sites (N-methyl/N-ethyl adjacent to an activating group) is 1. The third-order valence-electron chi connectivity index (χ3n) is 5.31. The summed E-state index contributed by atoms with van der Waals surface area (Å²) in [6, 6.07) is 6.24. The molecular weight excluding hydrogens is 395 g/mol. The molecule has 11 nitrogen and oxygen atoms in total. The highest BCUT2D eigenvalue weighted by Crippen LogP contribution is 2.37. The zero-order valence-electron chi connectivity index (χ0n) is 16.1. The largest absolute Gasteiger partial charge is 0.373 e. The van der Waals surface area contributed by atoms with E-state index in [1.54, 1.807) is 24.1 Å². The van der Waals surface area contributed by atoms with E-state index in [0.29, 0.717) is 18.9 Å². The van der Waals surface area contributed by atoms with Gasteiger partial charge in [0.05, 0.1) is 12.7 Å². The first kappa shape index (κ1) is 18.5. The van der Waals surface area contributed by atoms with E-state index >= 15 is 0 Å². The number of guanidine groups is 1. The zero-order valence-corrected chi connectivity index (χ0v) is 16.1. The summed E-state index contributed by atoms with van der Waals surface area (Å²) in [5, 5.41) is 13.4. The molecule has 4 heterocycles. The van der Waals surface area contributed by atoms with E-state index < -0.39 is 6.17 Å². The molecule has 3 aliphatic rings. The summed E-state index contributed by atoms with van der Waals surface area (Å²) < 4.78 is 24.3. The summed E-state index contributed by atoms with van der Waals surface area (Å²) in [4.78, 5) is 20.1. The topological polar surface area (TPSA) is 126 Å². The number of carbonyl (C=O) groups is 1. The van der Waals surface area contributed by atoms with Gasteiger partial charge in [0.25, 0.3) is 5.91 Å². The van der Waals surface area contributed by atoms with E-state index in [4.69, 9.17) is 15.0 Å². The summed E-state index contributed by atoms with van der Waals surface area (Å²) in [5.41, 5.74) is 6.83. The second-order valence-electron chi connectivity index (χ2n) is 7.33. The molecule has 2 aromatic rings. The molecule has 12 heteroatoms. The Bertz CT molecular complexity index is 1020. The highest BCUT2D eigenvalue weighted by Gasteiger charge is 2.42. The summed E-state index contributed by atoms with van der Waals surface area (Å²) in [6.07, 6.45) is 1.31. The van der Waals surface area contributed by atoms with Crippen molar-refractivity contribution in [2.45, 2.75) is 31.2 Å². The minimum absolute atomic E-state index is 0.00373. The molecule has 1 aromatic carbocycles. The Morgan fingerprint density at radius 1 is 1.30 bits per heavy atom. The third kappa shape index (κ3) is 3.14. The van der Waals surface area contributed by atoms with E-state index in [-0.39, 0.29) is 42.1 Å². The van der Waals surface area contributed by atoms with Crippen LogP contribution in [0.3, 0.4) is 0 Å². The highest BCUT2D eigenvalue weighted by molar-refractivity contribution is 6.01. The van der Waals surface area contributed by atoms with Crippen molar-refractivity contribution in [1.82, 2.24) is 25.1 Å². The minimum Gasteiger partial charge on any atom is -0.373 e. The number of nitrogens with zero attached hydrogens (tertiary/aromatic N) is 7. The van der Waals surface area contributed by atoms with Crippen LogP contribution in [0.25, 0.3) is 0 Å². The van der Waals surface area contributed by atoms with Crippen LogP contribution in [0.2, 0.25) is 0 Å². The van der Waals surface area contributed by atoms with E-state index in [2.05, 4.69) is 20.3 Å². The number of fused-ring (bicyclic) bond motifs is 1. The highest BCUT2D eigenvalue weighted by atomic mass is 19.1. The van der Waals surface area contributed by atoms with Gasteiger partial charge in [-0.1, -0.05) is 17.3 Å². The molecule has 0 aliphatic carbocycles. The van der Waals surface area contributed by atoms with Crippen molar-refractivity contribution >= 4 is 18.2 Å². The molecule has 1 saturated heterocycles. The van der Waals surface area contributed by atoms with Gasteiger partial charge in [-0.3, -0.25) is 9.69 Å². The van der Waals surface area contributed by atoms with Gasteiger partial charge >= 0.3 is 0 Å². The van der Waals surface area contributed by atoms with E-state index in [1.165, 1.54) is 28.5 Å². The molecule has 3 aliphatic heterocycles. The van der Waals surface area contributed by atoms with Crippen molar-refractivity contribution in [2.75, 3.05) is 13.7 Å². The molecule has 0 radical (unpaired) electrons. The lowest BCUT2D eigenvalue weighted by atomic mass is 10.00. The van der Waals surface area contributed by atoms with Crippen LogP contribution in [0.4, 0.5) is 4.39 Å². The normalized spacial score (nSPS) is 25.8. The first-order chi connectivity index (χ1) is 14.5. The Morgan fingerprint density at radius 3 is 2.90 bits per heavy atom. The number of hydrogen-bond acceptors (Lipinski definition) is 10. The monoisotopic (exact) mass is 414 g/mol. The zero-order chi connectivity index (χ0) is 20.8. The predicted molar refractivity (Wildman–Crippen MR) is 101 cm³/mol. The number of ether oxygens (including phenoxy) is 1. The Morgan fingerprint density at radius 2 is 2.10 bits per heavy atom. The minimum atomic E-state index is -0.681. The molecule has 3 atom stereocenters. The SMILES string of the molecule is CN1C=NN2N=C(N)N(Cc3nc([C@@H]4CO[C@@H](c5ccc(F)cc5)C4)no3)C(=O)C12. The van der Waals surface area contributed by atoms with Gasteiger partial charge in [0, 0.05) is 13.0 Å². The molecule has 30 heavy (non-hydrogen) atoms. The molecule has 156 valence electrons. The molecule has 1 aromatic heterocycles. The standard InChI is InChI=1S/C18H19FN8O3/c1-25-9-21-27-16(25)17(28)26(18(20)23-27)7-14-22-15(24-30-14)11-6-13(29-8-11)10-2-4-12(19)5-3-10/h2-5,9,11,13,16H,6-8H2,1H3,(H2,20,23)/t11-,13+,16?/m0/s1. The van der Waals surface area contributed by atoms with Crippen LogP contribution in [0.15, 0.2) is 39.0 Å². The second kappa shape index (κ2) is 7.06. The fourth-order valence-electron chi connectivity index (χ4n) is 3.70. The maximum Gasteiger partial charge on any atom is 0.277 e. The molecule has 0 saturated carbocycles. The summed E-state index contributed by atoms with van der Waals surface area (Å²) in [6.45, 7) is 0.431. The first-order valence-corrected chi connectivity index (χ1v) is 9.40. The number of hydrazone groups is 2. The van der Waals surface area contributed by atoms with Crippen LogP contribution >= 0.6 is 0 Å². The van der Waals surface area contributed by atoms with Gasteiger partial charge < -0.3 is 19.9 Å². The Balaban J connectivity index is 1.27. The van der Waals surface area contributed by atoms with Crippen LogP contribution in [-0.2, 0) is 16.1 Å². The van der Waals surface area contributed by atoms with Crippen molar-refractivity contribution in [3.63, 3.8) is 0 Å². The van der Waals surface area contributed by atoms with E-state index in [0.717, 1.165) is 5.56 Å². The average molecular weight is 414 g/mol. The molecule has 1 unspecified atom stereocenters. The first-order valence-electron chi connectivity index (χ1n) is 9.40. The number of hydrogen-bond donors (Lipinski definition) is 1. The van der Waals surface area contributed by atoms with Gasteiger partial charge in [0.1, 0.15) is 18.7 Å². The Kier molecular flexibility index (Phi) is 4.35. The van der Waals surface area contributed by atoms with Crippen LogP contribution in [0.5, 0.6) is 0 Å². The van der Waals surface area contributed by atoms with Crippen LogP contribution in [0, 0.1) is 5.82 Å². The molecule has 1 amide bonds. The van der Waals surface area contributed by atoms with Crippen molar-refractivity contribution in [3.8, 4) is 0 Å². The lowest BCUT2D eigenvalue weighted by Crippen LogP contribution is -2.57. The number of aromatic nitrogens is 2. The average Bonchev–Trinajstić information content (AvgIpc) is 3.46. The number of amides is 1. The fourth-order valence-corrected chi connectivity index (χ4v) is 3.70. The van der Waals surface area contributed by atoms with Gasteiger partial charge in [-0.05, 0) is 24.1 Å². The van der Waals surface area contributed by atoms with Gasteiger partial charge in [0.15, 0.2) is 5.82 Å². The van der Waals surface area contributed by atoms with Gasteiger partial charge in [-0.25, -0.2) is 4.39 Å².